The number of para-hydroxylation sites is 1. The molecule has 0 aromatic heterocycles. The Bertz CT molecular complexity index is 1280. The van der Waals surface area contributed by atoms with E-state index < -0.39 is 22.0 Å². The number of amides is 2. The summed E-state index contributed by atoms with van der Waals surface area (Å²) in [4.78, 5) is 26.1. The summed E-state index contributed by atoms with van der Waals surface area (Å²) in [6.45, 7) is 2.15. The van der Waals surface area contributed by atoms with Crippen LogP contribution < -0.4 is 14.9 Å². The van der Waals surface area contributed by atoms with Crippen molar-refractivity contribution in [2.75, 3.05) is 22.4 Å². The molecule has 0 fully saturated rings. The van der Waals surface area contributed by atoms with E-state index in [-0.39, 0.29) is 23.6 Å². The van der Waals surface area contributed by atoms with Crippen LogP contribution in [0.4, 0.5) is 11.4 Å². The maximum atomic E-state index is 13.3. The molecular weight excluding hydrogens is 486 g/mol. The predicted molar refractivity (Wildman–Crippen MR) is 140 cm³/mol. The largest absolute Gasteiger partial charge is 0.352 e. The summed E-state index contributed by atoms with van der Waals surface area (Å²) in [7, 11) is -3.81. The van der Waals surface area contributed by atoms with Crippen molar-refractivity contribution >= 4 is 44.8 Å². The summed E-state index contributed by atoms with van der Waals surface area (Å²) in [6, 6.07) is 21.7. The second kappa shape index (κ2) is 11.9. The van der Waals surface area contributed by atoms with E-state index >= 15 is 0 Å². The summed E-state index contributed by atoms with van der Waals surface area (Å²) in [5, 5.41) is 5.97. The minimum atomic E-state index is -3.81. The molecule has 35 heavy (non-hydrogen) atoms. The summed E-state index contributed by atoms with van der Waals surface area (Å²) < 4.78 is 26.4. The molecule has 0 aliphatic heterocycles. The van der Waals surface area contributed by atoms with Crippen molar-refractivity contribution in [1.82, 2.24) is 5.32 Å². The first kappa shape index (κ1) is 26.2. The molecule has 9 heteroatoms. The van der Waals surface area contributed by atoms with E-state index in [9.17, 15) is 18.0 Å². The molecule has 7 nitrogen and oxygen atoms in total. The normalized spacial score (nSPS) is 12.0. The van der Waals surface area contributed by atoms with Gasteiger partial charge in [-0.3, -0.25) is 13.9 Å². The van der Waals surface area contributed by atoms with Gasteiger partial charge in [-0.25, -0.2) is 8.42 Å². The molecule has 0 saturated carbocycles. The maximum absolute atomic E-state index is 13.3. The van der Waals surface area contributed by atoms with E-state index in [4.69, 9.17) is 11.6 Å². The minimum Gasteiger partial charge on any atom is -0.352 e. The lowest BCUT2D eigenvalue weighted by molar-refractivity contribution is -0.117. The Labute approximate surface area is 211 Å². The zero-order valence-corrected chi connectivity index (χ0v) is 21.1. The second-order valence-corrected chi connectivity index (χ2v) is 10.3. The van der Waals surface area contributed by atoms with E-state index in [1.807, 2.05) is 30.3 Å². The lowest BCUT2D eigenvalue weighted by atomic mass is 10.1. The van der Waals surface area contributed by atoms with Gasteiger partial charge in [0.1, 0.15) is 6.04 Å². The smallest absolute Gasteiger partial charge is 0.253 e. The van der Waals surface area contributed by atoms with Gasteiger partial charge in [0.25, 0.3) is 5.91 Å². The molecule has 1 atom stereocenters. The lowest BCUT2D eigenvalue weighted by Crippen LogP contribution is -2.47. The molecule has 0 aliphatic rings. The number of rotatable bonds is 10. The van der Waals surface area contributed by atoms with Gasteiger partial charge in [-0.15, -0.1) is 0 Å². The first-order chi connectivity index (χ1) is 16.7. The standard InChI is InChI=1S/C26H28ClN3O4S/c1-3-24(30(35(2,33)34)21-13-9-12-20(27)18-21)26(32)29-23-15-8-7-14-22(23)25(31)28-17-16-19-10-5-4-6-11-19/h4-15,18,24H,3,16-17H2,1-2H3,(H,28,31)(H,29,32). The number of anilines is 2. The average molecular weight is 514 g/mol. The predicted octanol–water partition coefficient (Wildman–Crippen LogP) is 4.50. The van der Waals surface area contributed by atoms with Gasteiger partial charge in [0.2, 0.25) is 15.9 Å². The molecule has 0 bridgehead atoms. The highest BCUT2D eigenvalue weighted by molar-refractivity contribution is 7.92. The van der Waals surface area contributed by atoms with Crippen LogP contribution in [-0.4, -0.2) is 39.1 Å². The topological polar surface area (TPSA) is 95.6 Å². The van der Waals surface area contributed by atoms with E-state index in [0.29, 0.717) is 23.7 Å². The van der Waals surface area contributed by atoms with Crippen molar-refractivity contribution < 1.29 is 18.0 Å². The number of hydrogen-bond acceptors (Lipinski definition) is 4. The number of sulfonamides is 1. The number of nitrogens with one attached hydrogen (secondary N) is 2. The van der Waals surface area contributed by atoms with E-state index in [2.05, 4.69) is 10.6 Å². The first-order valence-corrected chi connectivity index (χ1v) is 13.4. The van der Waals surface area contributed by atoms with Crippen LogP contribution in [0.1, 0.15) is 29.3 Å². The SMILES string of the molecule is CCC(C(=O)Nc1ccccc1C(=O)NCCc1ccccc1)N(c1cccc(Cl)c1)S(C)(=O)=O. The molecule has 0 heterocycles. The highest BCUT2D eigenvalue weighted by Gasteiger charge is 2.32. The molecule has 3 rings (SSSR count). The van der Waals surface area contributed by atoms with Gasteiger partial charge in [-0.05, 0) is 48.7 Å². The molecule has 0 spiro atoms. The van der Waals surface area contributed by atoms with Crippen LogP contribution in [0.25, 0.3) is 0 Å². The number of halogens is 1. The van der Waals surface area contributed by atoms with Crippen LogP contribution in [-0.2, 0) is 21.2 Å². The maximum Gasteiger partial charge on any atom is 0.253 e. The van der Waals surface area contributed by atoms with E-state index in [1.54, 1.807) is 49.4 Å². The van der Waals surface area contributed by atoms with Crippen LogP contribution >= 0.6 is 11.6 Å². The number of nitrogens with zero attached hydrogens (tertiary/aromatic N) is 1. The van der Waals surface area contributed by atoms with Crippen molar-refractivity contribution in [1.29, 1.82) is 0 Å². The van der Waals surface area contributed by atoms with Crippen LogP contribution in [0.5, 0.6) is 0 Å². The highest BCUT2D eigenvalue weighted by atomic mass is 35.5. The van der Waals surface area contributed by atoms with Crippen LogP contribution in [0.3, 0.4) is 0 Å². The Morgan fingerprint density at radius 3 is 2.31 bits per heavy atom. The fraction of sp³-hybridized carbons (Fsp3) is 0.231. The molecule has 3 aromatic rings. The van der Waals surface area contributed by atoms with Crippen molar-refractivity contribution in [3.05, 3.63) is 95.0 Å². The van der Waals surface area contributed by atoms with Gasteiger partial charge in [0.05, 0.1) is 23.2 Å². The third-order valence-electron chi connectivity index (χ3n) is 5.36. The first-order valence-electron chi connectivity index (χ1n) is 11.2. The van der Waals surface area contributed by atoms with Crippen LogP contribution in [0.15, 0.2) is 78.9 Å². The molecule has 0 radical (unpaired) electrons. The quantitative estimate of drug-likeness (QED) is 0.417. The van der Waals surface area contributed by atoms with Crippen LogP contribution in [0.2, 0.25) is 5.02 Å². The minimum absolute atomic E-state index is 0.205. The molecule has 1 unspecified atom stereocenters. The number of hydrogen-bond donors (Lipinski definition) is 2. The summed E-state index contributed by atoms with van der Waals surface area (Å²) in [5.74, 6) is -0.887. The zero-order valence-electron chi connectivity index (χ0n) is 19.6. The molecule has 0 saturated heterocycles. The number of benzene rings is 3. The number of carbonyl (C=O) groups is 2. The van der Waals surface area contributed by atoms with Gasteiger partial charge in [0.15, 0.2) is 0 Å². The third kappa shape index (κ3) is 7.07. The molecule has 3 aromatic carbocycles. The van der Waals surface area contributed by atoms with Gasteiger partial charge >= 0.3 is 0 Å². The molecular formula is C26H28ClN3O4S. The van der Waals surface area contributed by atoms with Crippen LogP contribution in [0, 0.1) is 0 Å². The van der Waals surface area contributed by atoms with Crippen molar-refractivity contribution in [2.24, 2.45) is 0 Å². The average Bonchev–Trinajstić information content (AvgIpc) is 2.82. The van der Waals surface area contributed by atoms with Crippen molar-refractivity contribution in [3.63, 3.8) is 0 Å². The van der Waals surface area contributed by atoms with E-state index in [1.165, 1.54) is 6.07 Å². The fourth-order valence-corrected chi connectivity index (χ4v) is 5.13. The van der Waals surface area contributed by atoms with Gasteiger partial charge in [-0.2, -0.15) is 0 Å². The summed E-state index contributed by atoms with van der Waals surface area (Å²) in [5.41, 5.74) is 1.97. The monoisotopic (exact) mass is 513 g/mol. The summed E-state index contributed by atoms with van der Waals surface area (Å²) in [6.07, 6.45) is 1.91. The third-order valence-corrected chi connectivity index (χ3v) is 6.78. The van der Waals surface area contributed by atoms with Gasteiger partial charge < -0.3 is 10.6 Å². The second-order valence-electron chi connectivity index (χ2n) is 7.99. The Hall–Kier alpha value is -3.36. The molecule has 0 aliphatic carbocycles. The van der Waals surface area contributed by atoms with Gasteiger partial charge in [-0.1, -0.05) is 67.1 Å². The molecule has 2 N–H and O–H groups in total. The molecule has 184 valence electrons. The Morgan fingerprint density at radius 1 is 0.971 bits per heavy atom. The summed E-state index contributed by atoms with van der Waals surface area (Å²) >= 11 is 6.07. The Kier molecular flexibility index (Phi) is 8.89. The van der Waals surface area contributed by atoms with E-state index in [0.717, 1.165) is 16.1 Å². The zero-order chi connectivity index (χ0) is 25.4. The highest BCUT2D eigenvalue weighted by Crippen LogP contribution is 2.26. The lowest BCUT2D eigenvalue weighted by Gasteiger charge is -2.30. The van der Waals surface area contributed by atoms with Gasteiger partial charge in [0, 0.05) is 11.6 Å². The Balaban J connectivity index is 1.78. The van der Waals surface area contributed by atoms with Crippen molar-refractivity contribution in [3.8, 4) is 0 Å². The van der Waals surface area contributed by atoms with Crippen molar-refractivity contribution in [2.45, 2.75) is 25.8 Å². The molecule has 2 amide bonds. The Morgan fingerprint density at radius 2 is 1.66 bits per heavy atom. The fourth-order valence-electron chi connectivity index (χ4n) is 3.74. The number of carbonyl (C=O) groups excluding carboxylic acids is 2.